The van der Waals surface area contributed by atoms with Crippen LogP contribution in [0.3, 0.4) is 0 Å². The molecule has 0 N–H and O–H groups in total. The molecule has 0 unspecified atom stereocenters. The van der Waals surface area contributed by atoms with Gasteiger partial charge in [0.05, 0.1) is 17.9 Å². The predicted molar refractivity (Wildman–Crippen MR) is 98.2 cm³/mol. The van der Waals surface area contributed by atoms with E-state index in [1.54, 1.807) is 28.0 Å². The van der Waals surface area contributed by atoms with E-state index in [4.69, 9.17) is 0 Å². The fourth-order valence-corrected chi connectivity index (χ4v) is 3.33. The van der Waals surface area contributed by atoms with Crippen molar-refractivity contribution >= 4 is 22.6 Å². The van der Waals surface area contributed by atoms with Gasteiger partial charge >= 0.3 is 0 Å². The van der Waals surface area contributed by atoms with Crippen molar-refractivity contribution in [2.45, 2.75) is 6.54 Å². The Labute approximate surface area is 145 Å². The summed E-state index contributed by atoms with van der Waals surface area (Å²) in [6.07, 6.45) is 5.16. The van der Waals surface area contributed by atoms with E-state index in [0.29, 0.717) is 17.9 Å². The zero-order chi connectivity index (χ0) is 17.3. The first-order chi connectivity index (χ1) is 11.6. The lowest BCUT2D eigenvalue weighted by Crippen LogP contribution is -2.27. The summed E-state index contributed by atoms with van der Waals surface area (Å²) in [5, 5.41) is 8.45. The minimum Gasteiger partial charge on any atom is -0.298 e. The van der Waals surface area contributed by atoms with Gasteiger partial charge in [-0.2, -0.15) is 0 Å². The molecule has 0 radical (unpaired) electrons. The quantitative estimate of drug-likeness (QED) is 0.834. The van der Waals surface area contributed by atoms with Gasteiger partial charge in [-0.25, -0.2) is 4.68 Å². The lowest BCUT2D eigenvalue weighted by atomic mass is 9.96. The van der Waals surface area contributed by atoms with Crippen molar-refractivity contribution in [3.05, 3.63) is 66.5 Å². The van der Waals surface area contributed by atoms with Crippen molar-refractivity contribution in [3.8, 4) is 11.3 Å². The summed E-state index contributed by atoms with van der Waals surface area (Å²) in [5.41, 5.74) is 5.12. The Hall–Kier alpha value is -2.60. The molecular formula is C18H18N4OS. The minimum atomic E-state index is -0.0496. The molecule has 1 amide bonds. The van der Waals surface area contributed by atoms with Crippen molar-refractivity contribution in [1.82, 2.24) is 19.9 Å². The summed E-state index contributed by atoms with van der Waals surface area (Å²) in [4.78, 5) is 14.2. The van der Waals surface area contributed by atoms with Crippen molar-refractivity contribution in [2.75, 3.05) is 6.26 Å². The van der Waals surface area contributed by atoms with Gasteiger partial charge in [-0.15, -0.1) is 5.10 Å². The number of fused-ring (bicyclic) bond motifs is 3. The second-order valence-corrected chi connectivity index (χ2v) is 6.09. The van der Waals surface area contributed by atoms with Crippen LogP contribution in [0.2, 0.25) is 0 Å². The van der Waals surface area contributed by atoms with E-state index in [0.717, 1.165) is 22.4 Å². The molecule has 0 saturated carbocycles. The van der Waals surface area contributed by atoms with Gasteiger partial charge in [0.25, 0.3) is 5.24 Å². The zero-order valence-electron chi connectivity index (χ0n) is 13.7. The van der Waals surface area contributed by atoms with E-state index in [-0.39, 0.29) is 5.24 Å². The van der Waals surface area contributed by atoms with Gasteiger partial charge in [-0.3, -0.25) is 9.69 Å². The SMILES string of the molecule is C=C/C1=C(\C=C)N(C(=O)SC)Cc2ccccc2-c2c1nnn2C. The highest BCUT2D eigenvalue weighted by Crippen LogP contribution is 2.37. The number of aryl methyl sites for hydroxylation is 1. The predicted octanol–water partition coefficient (Wildman–Crippen LogP) is 3.86. The number of benzene rings is 1. The molecular weight excluding hydrogens is 320 g/mol. The van der Waals surface area contributed by atoms with E-state index in [1.165, 1.54) is 11.8 Å². The van der Waals surface area contributed by atoms with Crippen LogP contribution in [0, 0.1) is 0 Å². The maximum atomic E-state index is 12.5. The van der Waals surface area contributed by atoms with E-state index in [9.17, 15) is 4.79 Å². The summed E-state index contributed by atoms with van der Waals surface area (Å²) in [6, 6.07) is 7.99. The normalized spacial score (nSPS) is 16.7. The Morgan fingerprint density at radius 3 is 2.71 bits per heavy atom. The molecule has 2 aromatic rings. The lowest BCUT2D eigenvalue weighted by Gasteiger charge is -2.28. The average molecular weight is 338 g/mol. The van der Waals surface area contributed by atoms with Crippen molar-refractivity contribution < 1.29 is 4.79 Å². The highest BCUT2D eigenvalue weighted by atomic mass is 32.2. The topological polar surface area (TPSA) is 51.0 Å². The fraction of sp³-hybridized carbons (Fsp3) is 0.167. The van der Waals surface area contributed by atoms with E-state index < -0.39 is 0 Å². The Balaban J connectivity index is 2.39. The molecule has 5 nitrogen and oxygen atoms in total. The Kier molecular flexibility index (Phi) is 4.40. The van der Waals surface area contributed by atoms with Crippen LogP contribution in [0.4, 0.5) is 4.79 Å². The molecule has 1 aromatic heterocycles. The molecule has 2 heterocycles. The van der Waals surface area contributed by atoms with Crippen LogP contribution < -0.4 is 0 Å². The van der Waals surface area contributed by atoms with Gasteiger partial charge < -0.3 is 0 Å². The van der Waals surface area contributed by atoms with Crippen LogP contribution in [0.1, 0.15) is 11.3 Å². The van der Waals surface area contributed by atoms with E-state index >= 15 is 0 Å². The molecule has 0 atom stereocenters. The van der Waals surface area contributed by atoms with Crippen LogP contribution >= 0.6 is 11.8 Å². The van der Waals surface area contributed by atoms with Gasteiger partial charge in [-0.05, 0) is 17.9 Å². The highest BCUT2D eigenvalue weighted by molar-refractivity contribution is 8.12. The molecule has 6 heteroatoms. The first kappa shape index (κ1) is 16.3. The summed E-state index contributed by atoms with van der Waals surface area (Å²) >= 11 is 1.17. The van der Waals surface area contributed by atoms with E-state index in [1.807, 2.05) is 31.3 Å². The Morgan fingerprint density at radius 1 is 1.29 bits per heavy atom. The average Bonchev–Trinajstić information content (AvgIpc) is 2.96. The second kappa shape index (κ2) is 6.49. The third-order valence-electron chi connectivity index (χ3n) is 4.04. The number of rotatable bonds is 2. The number of thioether (sulfide) groups is 1. The number of hydrogen-bond acceptors (Lipinski definition) is 4. The van der Waals surface area contributed by atoms with Gasteiger partial charge in [-0.1, -0.05) is 60.5 Å². The highest BCUT2D eigenvalue weighted by Gasteiger charge is 2.27. The molecule has 0 saturated heterocycles. The molecule has 0 fully saturated rings. The van der Waals surface area contributed by atoms with Gasteiger partial charge in [0.2, 0.25) is 0 Å². The Bertz CT molecular complexity index is 866. The number of carbonyl (C=O) groups excluding carboxylic acids is 1. The molecule has 1 aliphatic heterocycles. The van der Waals surface area contributed by atoms with Crippen LogP contribution in [-0.2, 0) is 13.6 Å². The van der Waals surface area contributed by atoms with Gasteiger partial charge in [0.15, 0.2) is 0 Å². The number of nitrogens with zero attached hydrogens (tertiary/aromatic N) is 4. The number of amides is 1. The molecule has 0 aliphatic carbocycles. The monoisotopic (exact) mass is 338 g/mol. The standard InChI is InChI=1S/C18H18N4OS/c1-5-13-15(6-2)22(18(23)24-4)11-12-9-7-8-10-14(12)17-16(13)19-20-21(17)3/h5-10H,1-2,11H2,3-4H3/b15-13-. The zero-order valence-corrected chi connectivity index (χ0v) is 14.5. The molecule has 122 valence electrons. The van der Waals surface area contributed by atoms with Crippen LogP contribution in [-0.4, -0.2) is 31.4 Å². The van der Waals surface area contributed by atoms with Crippen LogP contribution in [0.25, 0.3) is 16.8 Å². The smallest absolute Gasteiger partial charge is 0.286 e. The number of allylic oxidation sites excluding steroid dienone is 3. The maximum absolute atomic E-state index is 12.5. The molecule has 1 aliphatic rings. The number of carbonyl (C=O) groups is 1. The van der Waals surface area contributed by atoms with Crippen LogP contribution in [0.15, 0.2) is 55.3 Å². The third-order valence-corrected chi connectivity index (χ3v) is 4.61. The molecule has 0 spiro atoms. The lowest BCUT2D eigenvalue weighted by molar-refractivity contribution is 0.235. The van der Waals surface area contributed by atoms with Crippen LogP contribution in [0.5, 0.6) is 0 Å². The number of aromatic nitrogens is 3. The molecule has 3 rings (SSSR count). The first-order valence-electron chi connectivity index (χ1n) is 7.45. The first-order valence-corrected chi connectivity index (χ1v) is 8.67. The maximum Gasteiger partial charge on any atom is 0.286 e. The molecule has 0 bridgehead atoms. The van der Waals surface area contributed by atoms with E-state index in [2.05, 4.69) is 23.5 Å². The third kappa shape index (κ3) is 2.49. The Morgan fingerprint density at radius 2 is 2.04 bits per heavy atom. The van der Waals surface area contributed by atoms with Gasteiger partial charge in [0.1, 0.15) is 5.69 Å². The minimum absolute atomic E-state index is 0.0496. The van der Waals surface area contributed by atoms with Gasteiger partial charge in [0, 0.05) is 18.2 Å². The summed E-state index contributed by atoms with van der Waals surface area (Å²) in [5.74, 6) is 0. The van der Waals surface area contributed by atoms with Crippen molar-refractivity contribution in [1.29, 1.82) is 0 Å². The molecule has 24 heavy (non-hydrogen) atoms. The fourth-order valence-electron chi connectivity index (χ4n) is 2.95. The summed E-state index contributed by atoms with van der Waals surface area (Å²) in [7, 11) is 1.86. The van der Waals surface area contributed by atoms with Crippen molar-refractivity contribution in [2.24, 2.45) is 7.05 Å². The van der Waals surface area contributed by atoms with Crippen molar-refractivity contribution in [3.63, 3.8) is 0 Å². The largest absolute Gasteiger partial charge is 0.298 e. The summed E-state index contributed by atoms with van der Waals surface area (Å²) in [6.45, 7) is 8.26. The second-order valence-electron chi connectivity index (χ2n) is 5.33. The number of hydrogen-bond donors (Lipinski definition) is 0. The summed E-state index contributed by atoms with van der Waals surface area (Å²) < 4.78 is 1.75. The molecule has 1 aromatic carbocycles.